The number of quaternary nitrogens is 1. The number of piperidine rings is 4. The molecule has 1 aliphatic carbocycles. The number of para-hydroxylation sites is 1. The first-order valence-electron chi connectivity index (χ1n) is 14.6. The predicted octanol–water partition coefficient (Wildman–Crippen LogP) is 5.21. The van der Waals surface area contributed by atoms with Crippen LogP contribution < -0.4 is 4.90 Å². The molecule has 34 heavy (non-hydrogen) atoms. The van der Waals surface area contributed by atoms with E-state index in [1.54, 1.807) is 0 Å². The van der Waals surface area contributed by atoms with Gasteiger partial charge in [-0.2, -0.15) is 0 Å². The molecule has 0 radical (unpaired) electrons. The van der Waals surface area contributed by atoms with Gasteiger partial charge in [0.2, 0.25) is 0 Å². The number of aliphatic hydroxyl groups excluding tert-OH is 2. The number of anilines is 1. The number of hydrogen-bond acceptors (Lipinski definition) is 3. The van der Waals surface area contributed by atoms with Gasteiger partial charge in [0, 0.05) is 37.4 Å². The summed E-state index contributed by atoms with van der Waals surface area (Å²) in [5.74, 6) is 1.17. The minimum Gasteiger partial charge on any atom is -0.392 e. The van der Waals surface area contributed by atoms with Gasteiger partial charge >= 0.3 is 0 Å². The van der Waals surface area contributed by atoms with E-state index in [4.69, 9.17) is 0 Å². The van der Waals surface area contributed by atoms with Crippen molar-refractivity contribution in [1.82, 2.24) is 0 Å². The molecule has 2 N–H and O–H groups in total. The summed E-state index contributed by atoms with van der Waals surface area (Å²) in [7, 11) is 2.27. The quantitative estimate of drug-likeness (QED) is 0.367. The van der Waals surface area contributed by atoms with Gasteiger partial charge in [0.05, 0.1) is 30.1 Å². The molecule has 6 aliphatic rings. The van der Waals surface area contributed by atoms with Gasteiger partial charge in [-0.25, -0.2) is 0 Å². The number of nitrogens with zero attached hydrogens (tertiary/aromatic N) is 2. The highest BCUT2D eigenvalue weighted by Gasteiger charge is 2.82. The largest absolute Gasteiger partial charge is 0.392 e. The maximum absolute atomic E-state index is 12.1. The second kappa shape index (κ2) is 8.49. The lowest BCUT2D eigenvalue weighted by Crippen LogP contribution is -2.83. The summed E-state index contributed by atoms with van der Waals surface area (Å²) in [6.45, 7) is 5.66. The summed E-state index contributed by atoms with van der Waals surface area (Å²) in [5, 5.41) is 24.2. The topological polar surface area (TPSA) is 43.7 Å². The summed E-state index contributed by atoms with van der Waals surface area (Å²) in [5.41, 5.74) is 2.58. The zero-order valence-corrected chi connectivity index (χ0v) is 21.7. The van der Waals surface area contributed by atoms with Crippen LogP contribution in [0.2, 0.25) is 0 Å². The zero-order valence-electron chi connectivity index (χ0n) is 21.7. The van der Waals surface area contributed by atoms with E-state index in [1.807, 2.05) is 0 Å². The van der Waals surface area contributed by atoms with Crippen LogP contribution in [0.15, 0.2) is 24.3 Å². The molecule has 1 aromatic rings. The predicted molar refractivity (Wildman–Crippen MR) is 138 cm³/mol. The second-order valence-electron chi connectivity index (χ2n) is 12.6. The first-order valence-corrected chi connectivity index (χ1v) is 14.6. The highest BCUT2D eigenvalue weighted by atomic mass is 16.3. The minimum atomic E-state index is -0.274. The number of benzene rings is 1. The first-order chi connectivity index (χ1) is 16.5. The average Bonchev–Trinajstić information content (AvgIpc) is 3.23. The molecule has 4 heteroatoms. The lowest BCUT2D eigenvalue weighted by molar-refractivity contribution is -1.04. The van der Waals surface area contributed by atoms with E-state index >= 15 is 0 Å². The van der Waals surface area contributed by atoms with Crippen molar-refractivity contribution < 1.29 is 14.7 Å². The Morgan fingerprint density at radius 1 is 0.971 bits per heavy atom. The smallest absolute Gasteiger partial charge is 0.194 e. The molecular formula is C30H47N2O2+. The molecule has 0 aromatic heterocycles. The van der Waals surface area contributed by atoms with Crippen LogP contribution in [0.25, 0.3) is 0 Å². The van der Waals surface area contributed by atoms with Gasteiger partial charge in [0.25, 0.3) is 0 Å². The summed E-state index contributed by atoms with van der Waals surface area (Å²) in [4.78, 5) is 2.52. The van der Waals surface area contributed by atoms with E-state index in [0.29, 0.717) is 35.9 Å². The van der Waals surface area contributed by atoms with Gasteiger partial charge in [-0.3, -0.25) is 4.48 Å². The SMILES string of the molecule is CCCCCCCCCC[N@+]12[C@H](O)[C@@H](CC)[C@H]3C[C@H]1[C@@H]1N(C)c4ccccc4[C@]14C[C@H]2[C@H]3[C@@H]4O. The van der Waals surface area contributed by atoms with E-state index in [-0.39, 0.29) is 17.7 Å². The molecule has 7 rings (SSSR count). The standard InChI is InChI=1S/C30H47N2O2/c1-4-6-7-8-9-10-11-14-17-32-24-18-21(20(5-2)29(32)34)26-25(32)19-30(28(26)33)22-15-12-13-16-23(22)31(3)27(24)30/h12-13,15-16,20-21,24-29,33-34H,4-11,14,17-19H2,1-3H3/q+1/t20-,21+,24-,25-,26-,27-,28-,29+,30+,32-/m0/s1. The van der Waals surface area contributed by atoms with Crippen molar-refractivity contribution >= 4 is 5.69 Å². The van der Waals surface area contributed by atoms with Gasteiger partial charge in [0.15, 0.2) is 6.23 Å². The Labute approximate surface area is 206 Å². The summed E-state index contributed by atoms with van der Waals surface area (Å²) < 4.78 is 0.900. The van der Waals surface area contributed by atoms with E-state index in [0.717, 1.165) is 23.9 Å². The third kappa shape index (κ3) is 2.77. The second-order valence-corrected chi connectivity index (χ2v) is 12.6. The van der Waals surface area contributed by atoms with Crippen molar-refractivity contribution in [2.45, 2.75) is 120 Å². The summed E-state index contributed by atoms with van der Waals surface area (Å²) >= 11 is 0. The third-order valence-corrected chi connectivity index (χ3v) is 11.5. The fourth-order valence-corrected chi connectivity index (χ4v) is 10.4. The lowest BCUT2D eigenvalue weighted by Gasteiger charge is -2.68. The molecule has 4 nitrogen and oxygen atoms in total. The highest BCUT2D eigenvalue weighted by molar-refractivity contribution is 5.66. The molecule has 1 spiro atoms. The van der Waals surface area contributed by atoms with Crippen molar-refractivity contribution in [1.29, 1.82) is 0 Å². The molecule has 188 valence electrons. The molecule has 0 amide bonds. The van der Waals surface area contributed by atoms with Crippen molar-refractivity contribution in [2.75, 3.05) is 18.5 Å². The number of unbranched alkanes of at least 4 members (excludes halogenated alkanes) is 7. The molecule has 5 bridgehead atoms. The van der Waals surface area contributed by atoms with Crippen LogP contribution in [0.4, 0.5) is 5.69 Å². The van der Waals surface area contributed by atoms with Crippen molar-refractivity contribution in [3.05, 3.63) is 29.8 Å². The van der Waals surface area contributed by atoms with Gasteiger partial charge in [-0.1, -0.05) is 70.6 Å². The minimum absolute atomic E-state index is 0.135. The van der Waals surface area contributed by atoms with Gasteiger partial charge < -0.3 is 15.1 Å². The maximum Gasteiger partial charge on any atom is 0.194 e. The van der Waals surface area contributed by atoms with Crippen LogP contribution in [-0.4, -0.2) is 58.7 Å². The highest BCUT2D eigenvalue weighted by Crippen LogP contribution is 2.71. The van der Waals surface area contributed by atoms with Crippen LogP contribution in [0.5, 0.6) is 0 Å². The molecule has 1 saturated carbocycles. The molecule has 5 fully saturated rings. The molecule has 5 heterocycles. The number of hydrogen-bond donors (Lipinski definition) is 2. The molecule has 5 aliphatic heterocycles. The number of fused-ring (bicyclic) bond motifs is 2. The van der Waals surface area contributed by atoms with Crippen molar-refractivity contribution in [3.63, 3.8) is 0 Å². The Morgan fingerprint density at radius 2 is 1.68 bits per heavy atom. The Morgan fingerprint density at radius 3 is 2.41 bits per heavy atom. The summed E-state index contributed by atoms with van der Waals surface area (Å²) in [6.07, 6.45) is 13.4. The normalized spacial score (nSPS) is 45.1. The maximum atomic E-state index is 12.1. The Balaban J connectivity index is 1.31. The number of rotatable bonds is 10. The van der Waals surface area contributed by atoms with Crippen LogP contribution in [0.1, 0.15) is 90.0 Å². The zero-order chi connectivity index (χ0) is 23.7. The first kappa shape index (κ1) is 23.3. The molecule has 10 atom stereocenters. The van der Waals surface area contributed by atoms with Crippen LogP contribution in [0, 0.1) is 17.8 Å². The van der Waals surface area contributed by atoms with E-state index in [9.17, 15) is 10.2 Å². The van der Waals surface area contributed by atoms with Crippen molar-refractivity contribution in [2.24, 2.45) is 17.8 Å². The van der Waals surface area contributed by atoms with Gasteiger partial charge in [-0.05, 0) is 36.8 Å². The molecule has 4 saturated heterocycles. The van der Waals surface area contributed by atoms with E-state index < -0.39 is 0 Å². The third-order valence-electron chi connectivity index (χ3n) is 11.5. The van der Waals surface area contributed by atoms with Gasteiger partial charge in [0.1, 0.15) is 6.04 Å². The van der Waals surface area contributed by atoms with Crippen LogP contribution >= 0.6 is 0 Å². The monoisotopic (exact) mass is 467 g/mol. The molecule has 1 aromatic carbocycles. The van der Waals surface area contributed by atoms with Crippen LogP contribution in [-0.2, 0) is 5.41 Å². The average molecular weight is 468 g/mol. The Bertz CT molecular complexity index is 906. The fourth-order valence-electron chi connectivity index (χ4n) is 10.4. The van der Waals surface area contributed by atoms with E-state index in [2.05, 4.69) is 50.1 Å². The fraction of sp³-hybridized carbons (Fsp3) is 0.800. The molecular weight excluding hydrogens is 420 g/mol. The van der Waals surface area contributed by atoms with E-state index in [1.165, 1.54) is 69.0 Å². The Hall–Kier alpha value is -1.10. The lowest BCUT2D eigenvalue weighted by atomic mass is 9.60. The summed E-state index contributed by atoms with van der Waals surface area (Å²) in [6, 6.07) is 10.1. The number of aliphatic hydroxyl groups is 2. The Kier molecular flexibility index (Phi) is 5.82. The van der Waals surface area contributed by atoms with Gasteiger partial charge in [-0.15, -0.1) is 0 Å². The number of likely N-dealkylation sites (N-methyl/N-ethyl adjacent to an activating group) is 1. The van der Waals surface area contributed by atoms with Crippen LogP contribution in [0.3, 0.4) is 0 Å². The van der Waals surface area contributed by atoms with Crippen molar-refractivity contribution in [3.8, 4) is 0 Å². The molecule has 0 unspecified atom stereocenters.